The van der Waals surface area contributed by atoms with E-state index in [-0.39, 0.29) is 17.9 Å². The second-order valence-corrected chi connectivity index (χ2v) is 5.47. The summed E-state index contributed by atoms with van der Waals surface area (Å²) in [6.45, 7) is 0.844. The molecule has 0 aromatic heterocycles. The van der Waals surface area contributed by atoms with Gasteiger partial charge >= 0.3 is 6.18 Å². The lowest BCUT2D eigenvalue weighted by Crippen LogP contribution is -2.24. The Morgan fingerprint density at radius 2 is 1.76 bits per heavy atom. The van der Waals surface area contributed by atoms with Crippen LogP contribution in [0.5, 0.6) is 0 Å². The Bertz CT molecular complexity index is 716. The standard InChI is InChI=1S/C18H18F4N2O/c19-16-7-2-1-4-13(16)8-10-23-11-9-17(25)24-15-6-3-5-14(12-15)18(20,21)22/h1-7,12,23H,8-11H2,(H,24,25). The Labute approximate surface area is 143 Å². The number of alkyl halides is 3. The summed E-state index contributed by atoms with van der Waals surface area (Å²) >= 11 is 0. The van der Waals surface area contributed by atoms with Crippen molar-refractivity contribution in [3.63, 3.8) is 0 Å². The highest BCUT2D eigenvalue weighted by Gasteiger charge is 2.30. The van der Waals surface area contributed by atoms with E-state index in [9.17, 15) is 22.4 Å². The van der Waals surface area contributed by atoms with Crippen LogP contribution >= 0.6 is 0 Å². The van der Waals surface area contributed by atoms with E-state index in [1.54, 1.807) is 18.2 Å². The van der Waals surface area contributed by atoms with Crippen LogP contribution in [0, 0.1) is 5.82 Å². The first kappa shape index (κ1) is 18.9. The van der Waals surface area contributed by atoms with Crippen LogP contribution in [0.25, 0.3) is 0 Å². The summed E-state index contributed by atoms with van der Waals surface area (Å²) < 4.78 is 51.2. The van der Waals surface area contributed by atoms with Crippen LogP contribution in [0.15, 0.2) is 48.5 Å². The van der Waals surface area contributed by atoms with Crippen LogP contribution in [0.2, 0.25) is 0 Å². The van der Waals surface area contributed by atoms with Gasteiger partial charge in [0.1, 0.15) is 5.82 Å². The van der Waals surface area contributed by atoms with Gasteiger partial charge in [-0.15, -0.1) is 0 Å². The number of nitrogens with one attached hydrogen (secondary N) is 2. The average molecular weight is 354 g/mol. The van der Waals surface area contributed by atoms with Gasteiger partial charge in [0.05, 0.1) is 5.56 Å². The van der Waals surface area contributed by atoms with Gasteiger partial charge in [-0.05, 0) is 42.8 Å². The molecule has 134 valence electrons. The fourth-order valence-corrected chi connectivity index (χ4v) is 2.25. The van der Waals surface area contributed by atoms with Crippen molar-refractivity contribution in [2.75, 3.05) is 18.4 Å². The predicted octanol–water partition coefficient (Wildman–Crippen LogP) is 4.01. The monoisotopic (exact) mass is 354 g/mol. The number of anilines is 1. The number of rotatable bonds is 7. The Balaban J connectivity index is 1.72. The summed E-state index contributed by atoms with van der Waals surface area (Å²) in [5.74, 6) is -0.663. The van der Waals surface area contributed by atoms with Crippen molar-refractivity contribution in [1.82, 2.24) is 5.32 Å². The van der Waals surface area contributed by atoms with E-state index in [1.807, 2.05) is 0 Å². The Hall–Kier alpha value is -2.41. The maximum absolute atomic E-state index is 13.4. The largest absolute Gasteiger partial charge is 0.416 e. The number of carbonyl (C=O) groups excluding carboxylic acids is 1. The molecule has 0 radical (unpaired) electrons. The third kappa shape index (κ3) is 6.19. The molecule has 0 unspecified atom stereocenters. The van der Waals surface area contributed by atoms with Gasteiger partial charge in [0.15, 0.2) is 0 Å². The zero-order chi connectivity index (χ0) is 18.3. The Morgan fingerprint density at radius 1 is 1.00 bits per heavy atom. The molecule has 0 aliphatic carbocycles. The highest BCUT2D eigenvalue weighted by molar-refractivity contribution is 5.90. The molecule has 0 saturated heterocycles. The molecule has 0 heterocycles. The second kappa shape index (κ2) is 8.62. The first-order valence-corrected chi connectivity index (χ1v) is 7.77. The van der Waals surface area contributed by atoms with Gasteiger partial charge in [0, 0.05) is 18.7 Å². The normalized spacial score (nSPS) is 11.4. The maximum atomic E-state index is 13.4. The second-order valence-electron chi connectivity index (χ2n) is 5.47. The lowest BCUT2D eigenvalue weighted by molar-refractivity contribution is -0.137. The molecule has 0 bridgehead atoms. The summed E-state index contributed by atoms with van der Waals surface area (Å²) in [5, 5.41) is 5.44. The average Bonchev–Trinajstić information content (AvgIpc) is 2.55. The van der Waals surface area contributed by atoms with Crippen LogP contribution in [-0.2, 0) is 17.4 Å². The first-order valence-electron chi connectivity index (χ1n) is 7.77. The van der Waals surface area contributed by atoms with E-state index in [1.165, 1.54) is 18.2 Å². The molecule has 2 N–H and O–H groups in total. The molecule has 0 saturated carbocycles. The molecular formula is C18H18F4N2O. The number of carbonyl (C=O) groups is 1. The molecule has 2 aromatic carbocycles. The van der Waals surface area contributed by atoms with Crippen LogP contribution in [-0.4, -0.2) is 19.0 Å². The van der Waals surface area contributed by atoms with Crippen LogP contribution in [0.4, 0.5) is 23.2 Å². The molecule has 0 aliphatic rings. The van der Waals surface area contributed by atoms with Crippen molar-refractivity contribution in [3.05, 3.63) is 65.5 Å². The molecule has 0 spiro atoms. The number of halogens is 4. The number of hydrogen-bond donors (Lipinski definition) is 2. The van der Waals surface area contributed by atoms with Gasteiger partial charge in [0.25, 0.3) is 0 Å². The number of amides is 1. The van der Waals surface area contributed by atoms with Crippen LogP contribution < -0.4 is 10.6 Å². The van der Waals surface area contributed by atoms with Gasteiger partial charge in [0.2, 0.25) is 5.91 Å². The third-order valence-electron chi connectivity index (χ3n) is 3.53. The molecule has 25 heavy (non-hydrogen) atoms. The molecule has 3 nitrogen and oxygen atoms in total. The smallest absolute Gasteiger partial charge is 0.326 e. The van der Waals surface area contributed by atoms with E-state index >= 15 is 0 Å². The fourth-order valence-electron chi connectivity index (χ4n) is 2.25. The van der Waals surface area contributed by atoms with Crippen LogP contribution in [0.3, 0.4) is 0 Å². The van der Waals surface area contributed by atoms with Gasteiger partial charge in [-0.1, -0.05) is 24.3 Å². The quantitative estimate of drug-likeness (QED) is 0.583. The van der Waals surface area contributed by atoms with E-state index < -0.39 is 17.6 Å². The minimum atomic E-state index is -4.45. The summed E-state index contributed by atoms with van der Waals surface area (Å²) in [4.78, 5) is 11.8. The van der Waals surface area contributed by atoms with Crippen molar-refractivity contribution in [1.29, 1.82) is 0 Å². The molecular weight excluding hydrogens is 336 g/mol. The van der Waals surface area contributed by atoms with Crippen molar-refractivity contribution in [2.45, 2.75) is 19.0 Å². The van der Waals surface area contributed by atoms with Crippen molar-refractivity contribution >= 4 is 11.6 Å². The summed E-state index contributed by atoms with van der Waals surface area (Å²) in [5.41, 5.74) is -0.122. The van der Waals surface area contributed by atoms with Crippen molar-refractivity contribution < 1.29 is 22.4 Å². The van der Waals surface area contributed by atoms with E-state index in [0.717, 1.165) is 12.1 Å². The maximum Gasteiger partial charge on any atom is 0.416 e. The van der Waals surface area contributed by atoms with Gasteiger partial charge in [-0.2, -0.15) is 13.2 Å². The molecule has 2 rings (SSSR count). The summed E-state index contributed by atoms with van der Waals surface area (Å²) in [6, 6.07) is 10.9. The zero-order valence-electron chi connectivity index (χ0n) is 13.4. The number of benzene rings is 2. The first-order chi connectivity index (χ1) is 11.9. The highest BCUT2D eigenvalue weighted by atomic mass is 19.4. The Morgan fingerprint density at radius 3 is 2.48 bits per heavy atom. The van der Waals surface area contributed by atoms with Crippen LogP contribution in [0.1, 0.15) is 17.5 Å². The molecule has 0 atom stereocenters. The lowest BCUT2D eigenvalue weighted by atomic mass is 10.1. The van der Waals surface area contributed by atoms with E-state index in [4.69, 9.17) is 0 Å². The Kier molecular flexibility index (Phi) is 6.52. The fraction of sp³-hybridized carbons (Fsp3) is 0.278. The SMILES string of the molecule is O=C(CCNCCc1ccccc1F)Nc1cccc(C(F)(F)F)c1. The molecule has 7 heteroatoms. The summed E-state index contributed by atoms with van der Waals surface area (Å²) in [6.07, 6.45) is -3.86. The topological polar surface area (TPSA) is 41.1 Å². The van der Waals surface area contributed by atoms with Crippen molar-refractivity contribution in [3.8, 4) is 0 Å². The van der Waals surface area contributed by atoms with Gasteiger partial charge in [-0.25, -0.2) is 4.39 Å². The zero-order valence-corrected chi connectivity index (χ0v) is 13.4. The van der Waals surface area contributed by atoms with E-state index in [0.29, 0.717) is 25.1 Å². The third-order valence-corrected chi connectivity index (χ3v) is 3.53. The highest BCUT2D eigenvalue weighted by Crippen LogP contribution is 2.30. The molecule has 0 aliphatic heterocycles. The predicted molar refractivity (Wildman–Crippen MR) is 87.7 cm³/mol. The van der Waals surface area contributed by atoms with Crippen molar-refractivity contribution in [2.24, 2.45) is 0 Å². The molecule has 2 aromatic rings. The van der Waals surface area contributed by atoms with Gasteiger partial charge < -0.3 is 10.6 Å². The molecule has 0 fully saturated rings. The molecule has 1 amide bonds. The minimum absolute atomic E-state index is 0.103. The van der Waals surface area contributed by atoms with E-state index in [2.05, 4.69) is 10.6 Å². The summed E-state index contributed by atoms with van der Waals surface area (Å²) in [7, 11) is 0. The minimum Gasteiger partial charge on any atom is -0.326 e. The van der Waals surface area contributed by atoms with Gasteiger partial charge in [-0.3, -0.25) is 4.79 Å². The number of hydrogen-bond acceptors (Lipinski definition) is 2. The lowest BCUT2D eigenvalue weighted by Gasteiger charge is -2.10.